The van der Waals surface area contributed by atoms with Crippen LogP contribution in [0.15, 0.2) is 24.3 Å². The molecule has 0 aliphatic heterocycles. The standard InChI is InChI=1S/C14H17ClN4O2/c1-3-14(4-2,13(20)21)9-19-12(16-17-18-19)10-6-5-7-11(15)8-10/h5-8H,3-4,9H2,1-2H3,(H,20,21). The maximum absolute atomic E-state index is 11.6. The van der Waals surface area contributed by atoms with E-state index in [2.05, 4.69) is 15.5 Å². The maximum atomic E-state index is 11.6. The summed E-state index contributed by atoms with van der Waals surface area (Å²) < 4.78 is 1.53. The van der Waals surface area contributed by atoms with Crippen LogP contribution in [0.1, 0.15) is 26.7 Å². The van der Waals surface area contributed by atoms with E-state index < -0.39 is 11.4 Å². The van der Waals surface area contributed by atoms with Crippen molar-refractivity contribution in [3.63, 3.8) is 0 Å². The molecule has 0 saturated heterocycles. The molecule has 112 valence electrons. The van der Waals surface area contributed by atoms with Gasteiger partial charge in [-0.2, -0.15) is 0 Å². The molecule has 0 amide bonds. The zero-order valence-corrected chi connectivity index (χ0v) is 12.7. The number of benzene rings is 1. The number of carboxylic acids is 1. The molecule has 0 radical (unpaired) electrons. The Bertz CT molecular complexity index is 637. The number of hydrogen-bond acceptors (Lipinski definition) is 4. The van der Waals surface area contributed by atoms with Gasteiger partial charge >= 0.3 is 5.97 Å². The van der Waals surface area contributed by atoms with Gasteiger partial charge in [-0.1, -0.05) is 37.6 Å². The first-order valence-corrected chi connectivity index (χ1v) is 7.15. The van der Waals surface area contributed by atoms with Gasteiger partial charge in [0.05, 0.1) is 12.0 Å². The second-order valence-electron chi connectivity index (χ2n) is 4.96. The molecule has 0 unspecified atom stereocenters. The number of nitrogens with zero attached hydrogens (tertiary/aromatic N) is 4. The van der Waals surface area contributed by atoms with Crippen LogP contribution in [0.2, 0.25) is 5.02 Å². The van der Waals surface area contributed by atoms with E-state index in [1.54, 1.807) is 18.2 Å². The molecule has 0 aliphatic rings. The van der Waals surface area contributed by atoms with Crippen molar-refractivity contribution in [3.05, 3.63) is 29.3 Å². The Morgan fingerprint density at radius 3 is 2.67 bits per heavy atom. The van der Waals surface area contributed by atoms with Crippen LogP contribution < -0.4 is 0 Å². The van der Waals surface area contributed by atoms with Crippen LogP contribution >= 0.6 is 11.6 Å². The Morgan fingerprint density at radius 1 is 1.38 bits per heavy atom. The lowest BCUT2D eigenvalue weighted by Gasteiger charge is -2.26. The largest absolute Gasteiger partial charge is 0.481 e. The van der Waals surface area contributed by atoms with E-state index in [9.17, 15) is 9.90 Å². The van der Waals surface area contributed by atoms with Crippen molar-refractivity contribution in [1.29, 1.82) is 0 Å². The molecule has 2 rings (SSSR count). The lowest BCUT2D eigenvalue weighted by atomic mass is 9.82. The molecule has 0 fully saturated rings. The summed E-state index contributed by atoms with van der Waals surface area (Å²) >= 11 is 5.98. The van der Waals surface area contributed by atoms with Gasteiger partial charge in [-0.05, 0) is 35.4 Å². The van der Waals surface area contributed by atoms with Gasteiger partial charge in [0.25, 0.3) is 0 Å². The fourth-order valence-electron chi connectivity index (χ4n) is 2.28. The van der Waals surface area contributed by atoms with Crippen LogP contribution in [0.3, 0.4) is 0 Å². The molecule has 1 N–H and O–H groups in total. The zero-order chi connectivity index (χ0) is 15.5. The summed E-state index contributed by atoms with van der Waals surface area (Å²) in [6.07, 6.45) is 1.02. The predicted octanol–water partition coefficient (Wildman–Crippen LogP) is 2.88. The minimum atomic E-state index is -0.872. The molecule has 0 spiro atoms. The summed E-state index contributed by atoms with van der Waals surface area (Å²) in [6.45, 7) is 3.95. The van der Waals surface area contributed by atoms with Crippen LogP contribution in [-0.2, 0) is 11.3 Å². The first-order chi connectivity index (χ1) is 10.0. The van der Waals surface area contributed by atoms with Gasteiger partial charge in [0.1, 0.15) is 0 Å². The normalized spacial score (nSPS) is 11.6. The highest BCUT2D eigenvalue weighted by Gasteiger charge is 2.36. The number of carbonyl (C=O) groups is 1. The van der Waals surface area contributed by atoms with Gasteiger partial charge in [0.15, 0.2) is 5.82 Å². The molecule has 1 heterocycles. The van der Waals surface area contributed by atoms with E-state index in [0.717, 1.165) is 5.56 Å². The van der Waals surface area contributed by atoms with Crippen LogP contribution in [0.5, 0.6) is 0 Å². The van der Waals surface area contributed by atoms with Gasteiger partial charge in [0.2, 0.25) is 0 Å². The third-order valence-corrected chi connectivity index (χ3v) is 4.11. The molecule has 0 aliphatic carbocycles. The topological polar surface area (TPSA) is 80.9 Å². The molecule has 2 aromatic rings. The number of rotatable bonds is 6. The smallest absolute Gasteiger partial charge is 0.311 e. The highest BCUT2D eigenvalue weighted by Crippen LogP contribution is 2.30. The second kappa shape index (κ2) is 6.22. The third kappa shape index (κ3) is 3.05. The summed E-state index contributed by atoms with van der Waals surface area (Å²) in [5.74, 6) is -0.315. The van der Waals surface area contributed by atoms with Crippen molar-refractivity contribution in [1.82, 2.24) is 20.2 Å². The van der Waals surface area contributed by atoms with E-state index in [0.29, 0.717) is 23.7 Å². The third-order valence-electron chi connectivity index (χ3n) is 3.87. The highest BCUT2D eigenvalue weighted by molar-refractivity contribution is 6.30. The molecular formula is C14H17ClN4O2. The summed E-state index contributed by atoms with van der Waals surface area (Å²) in [5, 5.41) is 21.7. The quantitative estimate of drug-likeness (QED) is 0.887. The number of hydrogen-bond donors (Lipinski definition) is 1. The average Bonchev–Trinajstić information content (AvgIpc) is 2.92. The van der Waals surface area contributed by atoms with Crippen LogP contribution in [0.4, 0.5) is 0 Å². The van der Waals surface area contributed by atoms with Gasteiger partial charge in [-0.15, -0.1) is 5.10 Å². The van der Waals surface area contributed by atoms with Crippen molar-refractivity contribution in [2.75, 3.05) is 0 Å². The number of tetrazole rings is 1. The van der Waals surface area contributed by atoms with Crippen molar-refractivity contribution >= 4 is 17.6 Å². The van der Waals surface area contributed by atoms with E-state index >= 15 is 0 Å². The fourth-order valence-corrected chi connectivity index (χ4v) is 2.47. The highest BCUT2D eigenvalue weighted by atomic mass is 35.5. The van der Waals surface area contributed by atoms with Crippen molar-refractivity contribution in [2.24, 2.45) is 5.41 Å². The molecule has 21 heavy (non-hydrogen) atoms. The molecular weight excluding hydrogens is 292 g/mol. The second-order valence-corrected chi connectivity index (χ2v) is 5.40. The van der Waals surface area contributed by atoms with Crippen molar-refractivity contribution in [2.45, 2.75) is 33.2 Å². The number of aliphatic carboxylic acids is 1. The SMILES string of the molecule is CCC(CC)(Cn1nnnc1-c1cccc(Cl)c1)C(=O)O. The van der Waals surface area contributed by atoms with E-state index in [4.69, 9.17) is 11.6 Å². The predicted molar refractivity (Wildman–Crippen MR) is 78.9 cm³/mol. The van der Waals surface area contributed by atoms with Gasteiger partial charge < -0.3 is 5.11 Å². The maximum Gasteiger partial charge on any atom is 0.311 e. The Morgan fingerprint density at radius 2 is 2.10 bits per heavy atom. The summed E-state index contributed by atoms with van der Waals surface area (Å²) in [6, 6.07) is 7.16. The monoisotopic (exact) mass is 308 g/mol. The summed E-state index contributed by atoms with van der Waals surface area (Å²) in [4.78, 5) is 11.6. The molecule has 0 atom stereocenters. The van der Waals surface area contributed by atoms with Crippen LogP contribution in [0, 0.1) is 5.41 Å². The number of carboxylic acid groups (broad SMARTS) is 1. The number of aromatic nitrogens is 4. The molecule has 0 bridgehead atoms. The molecule has 1 aromatic carbocycles. The first-order valence-electron chi connectivity index (χ1n) is 6.78. The van der Waals surface area contributed by atoms with Gasteiger partial charge in [-0.25, -0.2) is 4.68 Å². The minimum absolute atomic E-state index is 0.226. The lowest BCUT2D eigenvalue weighted by molar-refractivity contribution is -0.150. The number of halogens is 1. The average molecular weight is 309 g/mol. The van der Waals surface area contributed by atoms with E-state index in [1.807, 2.05) is 19.9 Å². The Labute approximate surface area is 127 Å². The van der Waals surface area contributed by atoms with Gasteiger partial charge in [0, 0.05) is 10.6 Å². The molecule has 0 saturated carbocycles. The summed E-state index contributed by atoms with van der Waals surface area (Å²) in [7, 11) is 0. The Balaban J connectivity index is 2.39. The van der Waals surface area contributed by atoms with Crippen LogP contribution in [0.25, 0.3) is 11.4 Å². The summed E-state index contributed by atoms with van der Waals surface area (Å²) in [5.41, 5.74) is -0.109. The van der Waals surface area contributed by atoms with E-state index in [1.165, 1.54) is 4.68 Å². The fraction of sp³-hybridized carbons (Fsp3) is 0.429. The Hall–Kier alpha value is -1.95. The van der Waals surface area contributed by atoms with Crippen molar-refractivity contribution < 1.29 is 9.90 Å². The van der Waals surface area contributed by atoms with Crippen LogP contribution in [-0.4, -0.2) is 31.3 Å². The Kier molecular flexibility index (Phi) is 4.57. The minimum Gasteiger partial charge on any atom is -0.481 e. The van der Waals surface area contributed by atoms with E-state index in [-0.39, 0.29) is 6.54 Å². The van der Waals surface area contributed by atoms with Gasteiger partial charge in [-0.3, -0.25) is 4.79 Å². The molecule has 1 aromatic heterocycles. The first kappa shape index (κ1) is 15.4. The molecule has 6 nitrogen and oxygen atoms in total. The molecule has 7 heteroatoms. The zero-order valence-electron chi connectivity index (χ0n) is 12.0. The van der Waals surface area contributed by atoms with Crippen molar-refractivity contribution in [3.8, 4) is 11.4 Å². The lowest BCUT2D eigenvalue weighted by Crippen LogP contribution is -2.35.